The van der Waals surface area contributed by atoms with E-state index in [2.05, 4.69) is 24.4 Å². The van der Waals surface area contributed by atoms with E-state index >= 15 is 0 Å². The van der Waals surface area contributed by atoms with Crippen molar-refractivity contribution in [3.05, 3.63) is 70.7 Å². The summed E-state index contributed by atoms with van der Waals surface area (Å²) in [4.78, 5) is 27.8. The van der Waals surface area contributed by atoms with Gasteiger partial charge in [0.15, 0.2) is 0 Å². The minimum atomic E-state index is -0.454. The van der Waals surface area contributed by atoms with Crippen LogP contribution in [0.1, 0.15) is 50.7 Å². The van der Waals surface area contributed by atoms with Crippen LogP contribution in [-0.2, 0) is 22.4 Å². The summed E-state index contributed by atoms with van der Waals surface area (Å²) < 4.78 is 0. The third kappa shape index (κ3) is 7.49. The lowest BCUT2D eigenvalue weighted by molar-refractivity contribution is -0.140. The van der Waals surface area contributed by atoms with Gasteiger partial charge in [0.2, 0.25) is 11.8 Å². The molecular formula is C25H33ClN2O2. The molecule has 0 bridgehead atoms. The van der Waals surface area contributed by atoms with Crippen LogP contribution in [0.2, 0.25) is 5.02 Å². The maximum Gasteiger partial charge on any atom is 0.242 e. The Morgan fingerprint density at radius 3 is 2.37 bits per heavy atom. The van der Waals surface area contributed by atoms with Crippen LogP contribution in [0.15, 0.2) is 54.6 Å². The molecule has 0 radical (unpaired) electrons. The molecule has 2 amide bonds. The van der Waals surface area contributed by atoms with Gasteiger partial charge >= 0.3 is 0 Å². The number of nitrogens with zero attached hydrogens (tertiary/aromatic N) is 1. The average molecular weight is 429 g/mol. The molecule has 1 atom stereocenters. The van der Waals surface area contributed by atoms with E-state index in [4.69, 9.17) is 11.6 Å². The standard InChI is InChI=1S/C25H33ClN2O2/c1-3-5-18-27-25(30)23(4-2)28(19-17-20-11-7-6-8-12-20)24(29)16-15-21-13-9-10-14-22(21)26/h6-14,23H,3-5,15-19H2,1-2H3,(H,27,30)/t23-/m0/s1. The Bertz CT molecular complexity index is 795. The Balaban J connectivity index is 2.10. The summed E-state index contributed by atoms with van der Waals surface area (Å²) in [6.45, 7) is 5.21. The highest BCUT2D eigenvalue weighted by Crippen LogP contribution is 2.18. The number of amides is 2. The number of halogens is 1. The van der Waals surface area contributed by atoms with E-state index in [0.29, 0.717) is 37.4 Å². The van der Waals surface area contributed by atoms with Gasteiger partial charge in [0.25, 0.3) is 0 Å². The summed E-state index contributed by atoms with van der Waals surface area (Å²) in [5.74, 6) is -0.0755. The zero-order valence-electron chi connectivity index (χ0n) is 18.1. The molecule has 2 aromatic rings. The molecule has 0 aliphatic carbocycles. The van der Waals surface area contributed by atoms with Gasteiger partial charge < -0.3 is 10.2 Å². The summed E-state index contributed by atoms with van der Waals surface area (Å²) >= 11 is 6.25. The average Bonchev–Trinajstić information content (AvgIpc) is 2.76. The van der Waals surface area contributed by atoms with E-state index < -0.39 is 6.04 Å². The van der Waals surface area contributed by atoms with Crippen LogP contribution in [0.4, 0.5) is 0 Å². The van der Waals surface area contributed by atoms with Gasteiger partial charge in [-0.05, 0) is 42.9 Å². The Morgan fingerprint density at radius 2 is 1.70 bits per heavy atom. The maximum absolute atomic E-state index is 13.2. The van der Waals surface area contributed by atoms with E-state index in [1.54, 1.807) is 4.90 Å². The zero-order chi connectivity index (χ0) is 21.8. The molecule has 30 heavy (non-hydrogen) atoms. The smallest absolute Gasteiger partial charge is 0.242 e. The number of hydrogen-bond donors (Lipinski definition) is 1. The van der Waals surface area contributed by atoms with Gasteiger partial charge in [-0.25, -0.2) is 0 Å². The Kier molecular flexibility index (Phi) is 10.4. The predicted molar refractivity (Wildman–Crippen MR) is 124 cm³/mol. The minimum absolute atomic E-state index is 0.0108. The molecule has 0 aliphatic heterocycles. The molecule has 5 heteroatoms. The zero-order valence-corrected chi connectivity index (χ0v) is 18.8. The van der Waals surface area contributed by atoms with Gasteiger partial charge in [0.05, 0.1) is 0 Å². The molecule has 0 fully saturated rings. The fraction of sp³-hybridized carbons (Fsp3) is 0.440. The normalized spacial score (nSPS) is 11.7. The molecule has 0 heterocycles. The summed E-state index contributed by atoms with van der Waals surface area (Å²) in [6, 6.07) is 17.2. The summed E-state index contributed by atoms with van der Waals surface area (Å²) in [5.41, 5.74) is 2.11. The summed E-state index contributed by atoms with van der Waals surface area (Å²) in [7, 11) is 0. The highest BCUT2D eigenvalue weighted by molar-refractivity contribution is 6.31. The van der Waals surface area contributed by atoms with E-state index in [-0.39, 0.29) is 11.8 Å². The molecular weight excluding hydrogens is 396 g/mol. The molecule has 162 valence electrons. The van der Waals surface area contributed by atoms with E-state index in [1.807, 2.05) is 49.4 Å². The maximum atomic E-state index is 13.2. The SMILES string of the molecule is CCCCNC(=O)[C@H](CC)N(CCc1ccccc1)C(=O)CCc1ccccc1Cl. The number of carbonyl (C=O) groups excluding carboxylic acids is 2. The van der Waals surface area contributed by atoms with Gasteiger partial charge in [0.1, 0.15) is 6.04 Å². The number of aryl methyl sites for hydroxylation is 1. The molecule has 0 aliphatic rings. The van der Waals surface area contributed by atoms with Crippen LogP contribution in [0.5, 0.6) is 0 Å². The van der Waals surface area contributed by atoms with Crippen molar-refractivity contribution in [2.45, 2.75) is 58.4 Å². The van der Waals surface area contributed by atoms with Crippen molar-refractivity contribution in [2.24, 2.45) is 0 Å². The van der Waals surface area contributed by atoms with Crippen LogP contribution in [0.25, 0.3) is 0 Å². The number of rotatable bonds is 12. The molecule has 0 saturated carbocycles. The molecule has 0 unspecified atom stereocenters. The lowest BCUT2D eigenvalue weighted by Crippen LogP contribution is -2.50. The second-order valence-corrected chi connectivity index (χ2v) is 7.89. The lowest BCUT2D eigenvalue weighted by atomic mass is 10.1. The van der Waals surface area contributed by atoms with Crippen molar-refractivity contribution in [1.82, 2.24) is 10.2 Å². The molecule has 0 saturated heterocycles. The molecule has 0 spiro atoms. The third-order valence-corrected chi connectivity index (χ3v) is 5.63. The van der Waals surface area contributed by atoms with Crippen molar-refractivity contribution in [3.8, 4) is 0 Å². The van der Waals surface area contributed by atoms with Gasteiger partial charge in [-0.1, -0.05) is 80.4 Å². The Hall–Kier alpha value is -2.33. The van der Waals surface area contributed by atoms with E-state index in [0.717, 1.165) is 30.4 Å². The highest BCUT2D eigenvalue weighted by atomic mass is 35.5. The quantitative estimate of drug-likeness (QED) is 0.481. The van der Waals surface area contributed by atoms with Gasteiger partial charge in [0, 0.05) is 24.5 Å². The summed E-state index contributed by atoms with van der Waals surface area (Å²) in [6.07, 6.45) is 4.16. The Labute approximate surface area is 185 Å². The first-order chi connectivity index (χ1) is 14.6. The van der Waals surface area contributed by atoms with Crippen molar-refractivity contribution >= 4 is 23.4 Å². The second kappa shape index (κ2) is 13.1. The van der Waals surface area contributed by atoms with E-state index in [9.17, 15) is 9.59 Å². The van der Waals surface area contributed by atoms with Crippen molar-refractivity contribution < 1.29 is 9.59 Å². The topological polar surface area (TPSA) is 49.4 Å². The number of unbranched alkanes of at least 4 members (excludes halogenated alkanes) is 1. The first-order valence-electron chi connectivity index (χ1n) is 10.9. The van der Waals surface area contributed by atoms with Crippen molar-refractivity contribution in [3.63, 3.8) is 0 Å². The number of nitrogens with one attached hydrogen (secondary N) is 1. The second-order valence-electron chi connectivity index (χ2n) is 7.48. The van der Waals surface area contributed by atoms with Crippen LogP contribution in [0.3, 0.4) is 0 Å². The number of carbonyl (C=O) groups is 2. The van der Waals surface area contributed by atoms with Gasteiger partial charge in [-0.15, -0.1) is 0 Å². The molecule has 0 aromatic heterocycles. The first kappa shape index (κ1) is 23.9. The number of benzene rings is 2. The first-order valence-corrected chi connectivity index (χ1v) is 11.3. The Morgan fingerprint density at radius 1 is 1.00 bits per heavy atom. The third-order valence-electron chi connectivity index (χ3n) is 5.27. The molecule has 4 nitrogen and oxygen atoms in total. The molecule has 2 aromatic carbocycles. The lowest BCUT2D eigenvalue weighted by Gasteiger charge is -2.31. The predicted octanol–water partition coefficient (Wildman–Crippen LogP) is 5.04. The monoisotopic (exact) mass is 428 g/mol. The molecule has 1 N–H and O–H groups in total. The van der Waals surface area contributed by atoms with E-state index in [1.165, 1.54) is 0 Å². The minimum Gasteiger partial charge on any atom is -0.354 e. The van der Waals surface area contributed by atoms with Gasteiger partial charge in [-0.3, -0.25) is 9.59 Å². The summed E-state index contributed by atoms with van der Waals surface area (Å²) in [5, 5.41) is 3.67. The van der Waals surface area contributed by atoms with Crippen molar-refractivity contribution in [1.29, 1.82) is 0 Å². The fourth-order valence-corrected chi connectivity index (χ4v) is 3.72. The highest BCUT2D eigenvalue weighted by Gasteiger charge is 2.27. The molecule has 2 rings (SSSR count). The van der Waals surface area contributed by atoms with Crippen LogP contribution in [-0.4, -0.2) is 35.8 Å². The number of hydrogen-bond acceptors (Lipinski definition) is 2. The van der Waals surface area contributed by atoms with Crippen LogP contribution in [0, 0.1) is 0 Å². The van der Waals surface area contributed by atoms with Crippen LogP contribution >= 0.6 is 11.6 Å². The largest absolute Gasteiger partial charge is 0.354 e. The van der Waals surface area contributed by atoms with Crippen LogP contribution < -0.4 is 5.32 Å². The van der Waals surface area contributed by atoms with Gasteiger partial charge in [-0.2, -0.15) is 0 Å². The fourth-order valence-electron chi connectivity index (χ4n) is 3.49. The van der Waals surface area contributed by atoms with Crippen molar-refractivity contribution in [2.75, 3.05) is 13.1 Å².